The number of ether oxygens (including phenoxy) is 1. The van der Waals surface area contributed by atoms with Crippen LogP contribution in [0.1, 0.15) is 34.6 Å². The van der Waals surface area contributed by atoms with Crippen LogP contribution in [0.3, 0.4) is 0 Å². The number of nitrogens with zero attached hydrogens (tertiary/aromatic N) is 1. The molecule has 1 aliphatic rings. The van der Waals surface area contributed by atoms with Crippen molar-refractivity contribution in [3.05, 3.63) is 0 Å². The molecule has 0 aliphatic carbocycles. The summed E-state index contributed by atoms with van der Waals surface area (Å²) in [6.45, 7) is 10.6. The summed E-state index contributed by atoms with van der Waals surface area (Å²) in [6, 6.07) is 2.81. The van der Waals surface area contributed by atoms with Crippen molar-refractivity contribution in [2.75, 3.05) is 13.2 Å². The summed E-state index contributed by atoms with van der Waals surface area (Å²) in [6.07, 6.45) is -0.533. The number of carbonyl (C=O) groups is 2. The lowest BCUT2D eigenvalue weighted by Gasteiger charge is -2.29. The largest absolute Gasteiger partial charge is 0.447 e. The third-order valence-electron chi connectivity index (χ3n) is 4.38. The highest BCUT2D eigenvalue weighted by Crippen LogP contribution is 2.23. The Bertz CT molecular complexity index is 347. The van der Waals surface area contributed by atoms with Crippen molar-refractivity contribution in [2.24, 2.45) is 5.92 Å². The van der Waals surface area contributed by atoms with E-state index in [-0.39, 0.29) is 24.5 Å². The molecule has 0 aromatic carbocycles. The number of imide groups is 1. The number of amides is 2. The molecule has 1 saturated heterocycles. The maximum absolute atomic E-state index is 12.3. The maximum atomic E-state index is 12.3. The van der Waals surface area contributed by atoms with E-state index < -0.39 is 14.4 Å². The van der Waals surface area contributed by atoms with Crippen LogP contribution in [-0.4, -0.2) is 44.5 Å². The molecule has 0 radical (unpaired) electrons. The first-order chi connectivity index (χ1) is 9.40. The molecule has 0 aromatic rings. The first-order valence-electron chi connectivity index (χ1n) is 7.53. The van der Waals surface area contributed by atoms with E-state index in [0.717, 1.165) is 18.1 Å². The zero-order valence-corrected chi connectivity index (χ0v) is 14.3. The van der Waals surface area contributed by atoms with Gasteiger partial charge in [0.15, 0.2) is 8.32 Å². The highest BCUT2D eigenvalue weighted by atomic mass is 28.4. The number of rotatable bonds is 7. The first-order valence-corrected chi connectivity index (χ1v) is 10.1. The quantitative estimate of drug-likeness (QED) is 0.678. The van der Waals surface area contributed by atoms with E-state index in [1.165, 1.54) is 4.90 Å². The summed E-state index contributed by atoms with van der Waals surface area (Å²) in [5.41, 5.74) is 0. The maximum Gasteiger partial charge on any atom is 0.417 e. The van der Waals surface area contributed by atoms with Crippen LogP contribution in [0.25, 0.3) is 0 Å². The van der Waals surface area contributed by atoms with Gasteiger partial charge in [-0.3, -0.25) is 4.79 Å². The Balaban J connectivity index is 2.68. The van der Waals surface area contributed by atoms with Gasteiger partial charge in [0.2, 0.25) is 0 Å². The van der Waals surface area contributed by atoms with Crippen LogP contribution in [-0.2, 0) is 14.0 Å². The smallest absolute Gasteiger partial charge is 0.417 e. The Morgan fingerprint density at radius 3 is 2.35 bits per heavy atom. The molecule has 1 aliphatic heterocycles. The molecular weight excluding hydrogens is 274 g/mol. The third kappa shape index (κ3) is 3.61. The Morgan fingerprint density at radius 1 is 1.35 bits per heavy atom. The molecule has 5 nitrogen and oxygen atoms in total. The lowest BCUT2D eigenvalue weighted by atomic mass is 10.0. The molecule has 0 N–H and O–H groups in total. The van der Waals surface area contributed by atoms with E-state index in [1.807, 2.05) is 13.8 Å². The summed E-state index contributed by atoms with van der Waals surface area (Å²) in [4.78, 5) is 25.2. The number of cyclic esters (lactones) is 1. The van der Waals surface area contributed by atoms with Gasteiger partial charge in [-0.25, -0.2) is 9.69 Å². The van der Waals surface area contributed by atoms with Gasteiger partial charge < -0.3 is 9.16 Å². The lowest BCUT2D eigenvalue weighted by Crippen LogP contribution is -2.46. The molecule has 20 heavy (non-hydrogen) atoms. The van der Waals surface area contributed by atoms with Gasteiger partial charge in [0.1, 0.15) is 13.2 Å². The lowest BCUT2D eigenvalue weighted by molar-refractivity contribution is -0.132. The Hall–Kier alpha value is -0.883. The van der Waals surface area contributed by atoms with E-state index in [4.69, 9.17) is 9.16 Å². The van der Waals surface area contributed by atoms with Gasteiger partial charge >= 0.3 is 6.09 Å². The van der Waals surface area contributed by atoms with E-state index in [0.29, 0.717) is 6.61 Å². The van der Waals surface area contributed by atoms with Gasteiger partial charge in [0, 0.05) is 0 Å². The zero-order chi connectivity index (χ0) is 15.3. The van der Waals surface area contributed by atoms with E-state index >= 15 is 0 Å². The van der Waals surface area contributed by atoms with Crippen LogP contribution in [0, 0.1) is 5.92 Å². The van der Waals surface area contributed by atoms with Crippen LogP contribution in [0.5, 0.6) is 0 Å². The molecule has 0 bridgehead atoms. The molecule has 2 amide bonds. The highest BCUT2D eigenvalue weighted by Gasteiger charge is 2.40. The van der Waals surface area contributed by atoms with Crippen molar-refractivity contribution >= 4 is 20.3 Å². The third-order valence-corrected chi connectivity index (χ3v) is 9.00. The molecule has 0 aromatic heterocycles. The van der Waals surface area contributed by atoms with Gasteiger partial charge in [0.25, 0.3) is 5.91 Å². The normalized spacial score (nSPS) is 19.6. The van der Waals surface area contributed by atoms with E-state index in [1.54, 1.807) is 0 Å². The standard InChI is InChI=1S/C14H27NO4Si/c1-6-20(7-2,8-3)19-10-13(16)15-12(11(4)5)9-18-14(15)17/h11-12H,6-10H2,1-5H3/t12-/m0/s1. The number of hydrogen-bond acceptors (Lipinski definition) is 4. The molecule has 0 saturated carbocycles. The molecule has 1 fully saturated rings. The van der Waals surface area contributed by atoms with Gasteiger partial charge in [-0.1, -0.05) is 34.6 Å². The Morgan fingerprint density at radius 2 is 1.90 bits per heavy atom. The second-order valence-corrected chi connectivity index (χ2v) is 10.5. The van der Waals surface area contributed by atoms with Gasteiger partial charge in [-0.2, -0.15) is 0 Å². The zero-order valence-electron chi connectivity index (χ0n) is 13.3. The van der Waals surface area contributed by atoms with Crippen molar-refractivity contribution in [3.8, 4) is 0 Å². The van der Waals surface area contributed by atoms with Crippen LogP contribution >= 0.6 is 0 Å². The fourth-order valence-electron chi connectivity index (χ4n) is 2.55. The van der Waals surface area contributed by atoms with Crippen LogP contribution < -0.4 is 0 Å². The van der Waals surface area contributed by atoms with Crippen molar-refractivity contribution in [2.45, 2.75) is 58.8 Å². The van der Waals surface area contributed by atoms with Crippen molar-refractivity contribution in [1.82, 2.24) is 4.90 Å². The molecule has 1 atom stereocenters. The second kappa shape index (κ2) is 7.22. The minimum absolute atomic E-state index is 0.0000617. The Labute approximate surface area is 122 Å². The predicted octanol–water partition coefficient (Wildman–Crippen LogP) is 3.01. The van der Waals surface area contributed by atoms with Crippen molar-refractivity contribution in [3.63, 3.8) is 0 Å². The minimum atomic E-state index is -1.80. The van der Waals surface area contributed by atoms with Gasteiger partial charge in [-0.15, -0.1) is 0 Å². The van der Waals surface area contributed by atoms with Crippen LogP contribution in [0.15, 0.2) is 0 Å². The predicted molar refractivity (Wildman–Crippen MR) is 80.0 cm³/mol. The molecule has 116 valence electrons. The van der Waals surface area contributed by atoms with Gasteiger partial charge in [0.05, 0.1) is 6.04 Å². The summed E-state index contributed by atoms with van der Waals surface area (Å²) >= 11 is 0. The van der Waals surface area contributed by atoms with Gasteiger partial charge in [-0.05, 0) is 24.1 Å². The summed E-state index contributed by atoms with van der Waals surface area (Å²) in [5, 5.41) is 0. The van der Waals surface area contributed by atoms with E-state index in [2.05, 4.69) is 20.8 Å². The Kier molecular flexibility index (Phi) is 6.20. The monoisotopic (exact) mass is 301 g/mol. The average Bonchev–Trinajstić information content (AvgIpc) is 2.83. The fourth-order valence-corrected chi connectivity index (χ4v) is 5.10. The highest BCUT2D eigenvalue weighted by molar-refractivity contribution is 6.73. The molecule has 0 unspecified atom stereocenters. The molecule has 6 heteroatoms. The first kappa shape index (κ1) is 17.2. The van der Waals surface area contributed by atoms with E-state index in [9.17, 15) is 9.59 Å². The average molecular weight is 301 g/mol. The number of carbonyl (C=O) groups excluding carboxylic acids is 2. The van der Waals surface area contributed by atoms with Crippen molar-refractivity contribution < 1.29 is 18.8 Å². The topological polar surface area (TPSA) is 55.8 Å². The molecule has 1 heterocycles. The second-order valence-electron chi connectivity index (χ2n) is 5.68. The fraction of sp³-hybridized carbons (Fsp3) is 0.857. The van der Waals surface area contributed by atoms with Crippen molar-refractivity contribution in [1.29, 1.82) is 0 Å². The molecule has 0 spiro atoms. The summed E-state index contributed by atoms with van der Waals surface area (Å²) in [5.74, 6) is -0.0747. The molecule has 1 rings (SSSR count). The molecular formula is C14H27NO4Si. The van der Waals surface area contributed by atoms with Crippen LogP contribution in [0.2, 0.25) is 18.1 Å². The summed E-state index contributed by atoms with van der Waals surface area (Å²) in [7, 11) is -1.80. The number of hydrogen-bond donors (Lipinski definition) is 0. The minimum Gasteiger partial charge on any atom is -0.447 e. The summed E-state index contributed by atoms with van der Waals surface area (Å²) < 4.78 is 11.0. The van der Waals surface area contributed by atoms with Crippen LogP contribution in [0.4, 0.5) is 4.79 Å². The SMILES string of the molecule is CC[Si](CC)(CC)OCC(=O)N1C(=O)OC[C@H]1C(C)C.